The van der Waals surface area contributed by atoms with Crippen molar-refractivity contribution in [1.29, 1.82) is 0 Å². The van der Waals surface area contributed by atoms with Crippen LogP contribution in [0.5, 0.6) is 5.75 Å². The summed E-state index contributed by atoms with van der Waals surface area (Å²) in [5.74, 6) is 1.56. The molecule has 0 N–H and O–H groups in total. The molecule has 2 aromatic heterocycles. The molecule has 3 aromatic rings. The first kappa shape index (κ1) is 15.4. The van der Waals surface area contributed by atoms with Crippen molar-refractivity contribution in [2.24, 2.45) is 4.99 Å². The van der Waals surface area contributed by atoms with Crippen LogP contribution < -0.4 is 19.6 Å². The van der Waals surface area contributed by atoms with E-state index in [2.05, 4.69) is 0 Å². The number of hydrogen-bond acceptors (Lipinski definition) is 5. The van der Waals surface area contributed by atoms with Gasteiger partial charge >= 0.3 is 0 Å². The summed E-state index contributed by atoms with van der Waals surface area (Å²) in [5.41, 5.74) is 0.401. The zero-order chi connectivity index (χ0) is 17.7. The normalized spacial score (nSPS) is 24.0. The third kappa shape index (κ3) is 2.37. The highest BCUT2D eigenvalue weighted by molar-refractivity contribution is 7.07. The smallest absolute Gasteiger partial charge is 0.270 e. The summed E-state index contributed by atoms with van der Waals surface area (Å²) >= 11 is 1.40. The standard InChI is InChI=1S/C20H16N2O3S/c1-20-12-15(14-8-2-3-9-16(14)25-20)22-18(23)17(26-19(22)21-20)10-4-6-13-7-5-11-24-13/h2-11,15H,12H2,1H3/b6-4+,17-10-/t15-,20-/m0/s1. The van der Waals surface area contributed by atoms with E-state index < -0.39 is 5.72 Å². The van der Waals surface area contributed by atoms with Gasteiger partial charge in [0.2, 0.25) is 5.72 Å². The Morgan fingerprint density at radius 3 is 3.04 bits per heavy atom. The lowest BCUT2D eigenvalue weighted by Gasteiger charge is -2.39. The highest BCUT2D eigenvalue weighted by Crippen LogP contribution is 2.42. The maximum absolute atomic E-state index is 13.0. The summed E-state index contributed by atoms with van der Waals surface area (Å²) in [6.45, 7) is 1.98. The van der Waals surface area contributed by atoms with Crippen molar-refractivity contribution < 1.29 is 9.15 Å². The third-order valence-corrected chi connectivity index (χ3v) is 5.71. The Hall–Kier alpha value is -2.86. The topological polar surface area (TPSA) is 56.7 Å². The number of aromatic nitrogens is 1. The van der Waals surface area contributed by atoms with Crippen LogP contribution in [0.15, 0.2) is 62.9 Å². The molecule has 6 heteroatoms. The SMILES string of the molecule is C[C@@]12C[C@@H](c3ccccc3O1)n1c(s/c(=C\C=C\c3ccco3)c1=O)=N2. The Balaban J connectivity index is 1.66. The lowest BCUT2D eigenvalue weighted by molar-refractivity contribution is 0.0410. The van der Waals surface area contributed by atoms with E-state index in [1.807, 2.05) is 61.5 Å². The van der Waals surface area contributed by atoms with Crippen LogP contribution >= 0.6 is 11.3 Å². The molecule has 2 bridgehead atoms. The van der Waals surface area contributed by atoms with E-state index in [1.54, 1.807) is 10.8 Å². The van der Waals surface area contributed by atoms with Crippen LogP contribution in [0.1, 0.15) is 30.7 Å². The molecule has 0 saturated heterocycles. The van der Waals surface area contributed by atoms with Crippen molar-refractivity contribution in [1.82, 2.24) is 4.57 Å². The van der Waals surface area contributed by atoms with Gasteiger partial charge in [0.15, 0.2) is 4.80 Å². The quantitative estimate of drug-likeness (QED) is 0.703. The molecule has 0 amide bonds. The Kier molecular flexibility index (Phi) is 3.30. The minimum Gasteiger partial charge on any atom is -0.466 e. The molecule has 2 aliphatic rings. The minimum atomic E-state index is -0.627. The highest BCUT2D eigenvalue weighted by atomic mass is 32.1. The van der Waals surface area contributed by atoms with Crippen molar-refractivity contribution in [3.05, 3.63) is 79.7 Å². The van der Waals surface area contributed by atoms with Crippen LogP contribution in [0.2, 0.25) is 0 Å². The number of hydrogen-bond donors (Lipinski definition) is 0. The van der Waals surface area contributed by atoms with Crippen molar-refractivity contribution in [3.8, 4) is 5.75 Å². The third-order valence-electron chi connectivity index (χ3n) is 4.71. The Morgan fingerprint density at radius 1 is 1.31 bits per heavy atom. The maximum Gasteiger partial charge on any atom is 0.270 e. The highest BCUT2D eigenvalue weighted by Gasteiger charge is 2.42. The fraction of sp³-hybridized carbons (Fsp3) is 0.200. The second kappa shape index (κ2) is 5.57. The van der Waals surface area contributed by atoms with Gasteiger partial charge in [-0.15, -0.1) is 0 Å². The zero-order valence-corrected chi connectivity index (χ0v) is 14.9. The van der Waals surface area contributed by atoms with E-state index in [1.165, 1.54) is 11.3 Å². The summed E-state index contributed by atoms with van der Waals surface area (Å²) in [4.78, 5) is 18.4. The second-order valence-corrected chi connectivity index (χ2v) is 7.62. The number of furan rings is 1. The van der Waals surface area contributed by atoms with E-state index in [4.69, 9.17) is 14.1 Å². The van der Waals surface area contributed by atoms with Crippen molar-refractivity contribution in [3.63, 3.8) is 0 Å². The zero-order valence-electron chi connectivity index (χ0n) is 14.1. The number of para-hydroxylation sites is 1. The van der Waals surface area contributed by atoms with Gasteiger partial charge in [-0.1, -0.05) is 35.6 Å². The molecule has 2 aliphatic heterocycles. The van der Waals surface area contributed by atoms with Gasteiger partial charge in [-0.2, -0.15) is 0 Å². The molecule has 130 valence electrons. The molecule has 5 rings (SSSR count). The van der Waals surface area contributed by atoms with Crippen LogP contribution in [0.25, 0.3) is 12.2 Å². The molecular weight excluding hydrogens is 348 g/mol. The number of benzene rings is 1. The molecule has 5 nitrogen and oxygen atoms in total. The van der Waals surface area contributed by atoms with Gasteiger partial charge in [0.25, 0.3) is 5.56 Å². The Morgan fingerprint density at radius 2 is 2.19 bits per heavy atom. The molecule has 4 heterocycles. The molecule has 1 aromatic carbocycles. The number of thiazole rings is 1. The molecular formula is C20H16N2O3S. The van der Waals surface area contributed by atoms with Crippen LogP contribution in [0.3, 0.4) is 0 Å². The van der Waals surface area contributed by atoms with E-state index in [0.717, 1.165) is 17.1 Å². The van der Waals surface area contributed by atoms with Gasteiger partial charge in [0.05, 0.1) is 16.8 Å². The molecule has 0 spiro atoms. The fourth-order valence-corrected chi connectivity index (χ4v) is 4.64. The van der Waals surface area contributed by atoms with E-state index in [-0.39, 0.29) is 11.6 Å². The first-order valence-corrected chi connectivity index (χ1v) is 9.26. The molecule has 0 radical (unpaired) electrons. The molecule has 26 heavy (non-hydrogen) atoms. The lowest BCUT2D eigenvalue weighted by atomic mass is 9.93. The molecule has 0 unspecified atom stereocenters. The van der Waals surface area contributed by atoms with E-state index in [0.29, 0.717) is 15.8 Å². The summed E-state index contributed by atoms with van der Waals surface area (Å²) < 4.78 is 13.8. The van der Waals surface area contributed by atoms with Crippen molar-refractivity contribution in [2.75, 3.05) is 0 Å². The molecule has 2 atom stereocenters. The monoisotopic (exact) mass is 364 g/mol. The number of rotatable bonds is 2. The van der Waals surface area contributed by atoms with Crippen LogP contribution in [-0.4, -0.2) is 10.3 Å². The molecule has 0 aliphatic carbocycles. The van der Waals surface area contributed by atoms with Crippen LogP contribution in [-0.2, 0) is 0 Å². The van der Waals surface area contributed by atoms with Gasteiger partial charge < -0.3 is 9.15 Å². The maximum atomic E-state index is 13.0. The minimum absolute atomic E-state index is 0.0124. The predicted molar refractivity (Wildman–Crippen MR) is 99.8 cm³/mol. The van der Waals surface area contributed by atoms with E-state index in [9.17, 15) is 4.79 Å². The first-order chi connectivity index (χ1) is 12.6. The first-order valence-electron chi connectivity index (χ1n) is 8.44. The summed E-state index contributed by atoms with van der Waals surface area (Å²) in [5, 5.41) is 0. The molecule has 0 saturated carbocycles. The lowest BCUT2D eigenvalue weighted by Crippen LogP contribution is -2.49. The van der Waals surface area contributed by atoms with Gasteiger partial charge in [0.1, 0.15) is 11.5 Å². The Bertz CT molecular complexity index is 1190. The largest absolute Gasteiger partial charge is 0.466 e. The van der Waals surface area contributed by atoms with Gasteiger partial charge in [-0.05, 0) is 37.3 Å². The number of nitrogens with zero attached hydrogens (tertiary/aromatic N) is 2. The number of allylic oxidation sites excluding steroid dienone is 1. The van der Waals surface area contributed by atoms with E-state index >= 15 is 0 Å². The Labute approximate surface area is 153 Å². The average Bonchev–Trinajstić information content (AvgIpc) is 3.23. The van der Waals surface area contributed by atoms with Gasteiger partial charge in [-0.25, -0.2) is 4.99 Å². The van der Waals surface area contributed by atoms with Gasteiger partial charge in [-0.3, -0.25) is 9.36 Å². The predicted octanol–water partition coefficient (Wildman–Crippen LogP) is 2.72. The summed E-state index contributed by atoms with van der Waals surface area (Å²) in [6.07, 6.45) is 7.76. The fourth-order valence-electron chi connectivity index (χ4n) is 3.57. The van der Waals surface area contributed by atoms with Crippen molar-refractivity contribution in [2.45, 2.75) is 25.1 Å². The molecule has 0 fully saturated rings. The summed E-state index contributed by atoms with van der Waals surface area (Å²) in [6, 6.07) is 11.5. The average molecular weight is 364 g/mol. The number of fused-ring (bicyclic) bond motifs is 6. The van der Waals surface area contributed by atoms with Crippen molar-refractivity contribution >= 4 is 23.5 Å². The van der Waals surface area contributed by atoms with Crippen LogP contribution in [0, 0.1) is 0 Å². The number of ether oxygens (including phenoxy) is 1. The van der Waals surface area contributed by atoms with Crippen LogP contribution in [0.4, 0.5) is 0 Å². The summed E-state index contributed by atoms with van der Waals surface area (Å²) in [7, 11) is 0. The van der Waals surface area contributed by atoms with Gasteiger partial charge in [0, 0.05) is 12.0 Å². The second-order valence-electron chi connectivity index (χ2n) is 6.61.